The lowest BCUT2D eigenvalue weighted by atomic mass is 10.2. The number of aryl methyl sites for hydroxylation is 1. The second-order valence-electron chi connectivity index (χ2n) is 5.17. The average Bonchev–Trinajstić information content (AvgIpc) is 2.97. The number of carbonyl (C=O) groups excluding carboxylic acids is 1. The molecule has 1 aliphatic rings. The van der Waals surface area contributed by atoms with Gasteiger partial charge in [-0.25, -0.2) is 0 Å². The van der Waals surface area contributed by atoms with E-state index in [0.29, 0.717) is 5.02 Å². The molecule has 0 unspecified atom stereocenters. The molecule has 1 heterocycles. The minimum Gasteiger partial charge on any atom is -0.358 e. The van der Waals surface area contributed by atoms with Gasteiger partial charge in [0.1, 0.15) is 4.32 Å². The molecule has 0 aromatic heterocycles. The predicted molar refractivity (Wildman–Crippen MR) is 95.3 cm³/mol. The number of thioether (sulfide) groups is 1. The van der Waals surface area contributed by atoms with Gasteiger partial charge >= 0.3 is 0 Å². The third-order valence-corrected chi connectivity index (χ3v) is 5.28. The Morgan fingerprint density at radius 2 is 2.10 bits per heavy atom. The van der Waals surface area contributed by atoms with E-state index in [1.165, 1.54) is 24.6 Å². The van der Waals surface area contributed by atoms with Crippen molar-refractivity contribution in [3.63, 3.8) is 0 Å². The summed E-state index contributed by atoms with van der Waals surface area (Å²) in [7, 11) is 0. The molecule has 1 saturated heterocycles. The molecule has 0 radical (unpaired) electrons. The SMILES string of the molecule is Cc1ccc(Cl)cc1NC(=O)[C@@H](C)SC(=S)N1CCCC1. The van der Waals surface area contributed by atoms with Gasteiger partial charge in [-0.1, -0.05) is 41.6 Å². The Labute approximate surface area is 140 Å². The quantitative estimate of drug-likeness (QED) is 0.838. The molecule has 1 aliphatic heterocycles. The molecule has 6 heteroatoms. The Kier molecular flexibility index (Phi) is 5.90. The van der Waals surface area contributed by atoms with E-state index in [1.807, 2.05) is 26.0 Å². The number of hydrogen-bond acceptors (Lipinski definition) is 3. The van der Waals surface area contributed by atoms with E-state index in [-0.39, 0.29) is 11.2 Å². The van der Waals surface area contributed by atoms with E-state index in [1.54, 1.807) is 6.07 Å². The van der Waals surface area contributed by atoms with E-state index in [2.05, 4.69) is 10.2 Å². The molecule has 1 atom stereocenters. The third-order valence-electron chi connectivity index (χ3n) is 3.47. The van der Waals surface area contributed by atoms with Gasteiger partial charge in [-0.3, -0.25) is 4.79 Å². The zero-order valence-electron chi connectivity index (χ0n) is 12.2. The van der Waals surface area contributed by atoms with E-state index < -0.39 is 0 Å². The van der Waals surface area contributed by atoms with Gasteiger partial charge in [-0.15, -0.1) is 0 Å². The van der Waals surface area contributed by atoms with Crippen molar-refractivity contribution in [3.05, 3.63) is 28.8 Å². The van der Waals surface area contributed by atoms with Crippen LogP contribution >= 0.6 is 35.6 Å². The number of nitrogens with zero attached hydrogens (tertiary/aromatic N) is 1. The summed E-state index contributed by atoms with van der Waals surface area (Å²) >= 11 is 12.8. The number of amides is 1. The first-order valence-electron chi connectivity index (χ1n) is 7.00. The first-order valence-corrected chi connectivity index (χ1v) is 8.66. The summed E-state index contributed by atoms with van der Waals surface area (Å²) in [4.78, 5) is 14.4. The number of likely N-dealkylation sites (tertiary alicyclic amines) is 1. The van der Waals surface area contributed by atoms with E-state index in [4.69, 9.17) is 23.8 Å². The topological polar surface area (TPSA) is 32.3 Å². The van der Waals surface area contributed by atoms with Gasteiger partial charge in [-0.2, -0.15) is 0 Å². The van der Waals surface area contributed by atoms with Crippen molar-refractivity contribution in [2.45, 2.75) is 31.9 Å². The maximum Gasteiger partial charge on any atom is 0.237 e. The molecular weight excluding hydrogens is 324 g/mol. The number of carbonyl (C=O) groups is 1. The van der Waals surface area contributed by atoms with Crippen molar-refractivity contribution in [3.8, 4) is 0 Å². The van der Waals surface area contributed by atoms with Crippen LogP contribution < -0.4 is 5.32 Å². The van der Waals surface area contributed by atoms with Gasteiger partial charge in [0.2, 0.25) is 5.91 Å². The Bertz CT molecular complexity index is 544. The Hall–Kier alpha value is -0.780. The second kappa shape index (κ2) is 7.47. The second-order valence-corrected chi connectivity index (χ2v) is 7.58. The number of rotatable bonds is 3. The number of nitrogens with one attached hydrogen (secondary N) is 1. The number of halogens is 1. The molecule has 21 heavy (non-hydrogen) atoms. The minimum atomic E-state index is -0.225. The predicted octanol–water partition coefficient (Wildman–Crippen LogP) is 4.09. The van der Waals surface area contributed by atoms with Crippen LogP contribution in [0.3, 0.4) is 0 Å². The first-order chi connectivity index (χ1) is 9.97. The molecule has 0 spiro atoms. The summed E-state index contributed by atoms with van der Waals surface area (Å²) in [6.45, 7) is 5.84. The van der Waals surface area contributed by atoms with Gasteiger partial charge in [0.15, 0.2) is 0 Å². The standard InChI is InChI=1S/C15H19ClN2OS2/c1-10-5-6-12(16)9-13(10)17-14(19)11(2)21-15(20)18-7-3-4-8-18/h5-6,9,11H,3-4,7-8H2,1-2H3,(H,17,19)/t11-/m1/s1. The number of thiocarbonyl (C=S) groups is 1. The van der Waals surface area contributed by atoms with E-state index >= 15 is 0 Å². The highest BCUT2D eigenvalue weighted by atomic mass is 35.5. The Morgan fingerprint density at radius 3 is 2.76 bits per heavy atom. The maximum atomic E-state index is 12.3. The first kappa shape index (κ1) is 16.6. The van der Waals surface area contributed by atoms with Crippen molar-refractivity contribution in [2.75, 3.05) is 18.4 Å². The molecule has 0 bridgehead atoms. The summed E-state index contributed by atoms with van der Waals surface area (Å²) in [5.74, 6) is -0.0492. The summed E-state index contributed by atoms with van der Waals surface area (Å²) in [6, 6.07) is 5.48. The number of benzene rings is 1. The van der Waals surface area contributed by atoms with Crippen LogP contribution in [0.4, 0.5) is 5.69 Å². The number of hydrogen-bond donors (Lipinski definition) is 1. The van der Waals surface area contributed by atoms with Crippen LogP contribution in [0, 0.1) is 6.92 Å². The fourth-order valence-corrected chi connectivity index (χ4v) is 3.73. The van der Waals surface area contributed by atoms with Gasteiger partial charge in [0, 0.05) is 23.8 Å². The maximum absolute atomic E-state index is 12.3. The average molecular weight is 343 g/mol. The molecule has 2 rings (SSSR count). The molecule has 1 aromatic rings. The molecular formula is C15H19ClN2OS2. The molecule has 114 valence electrons. The van der Waals surface area contributed by atoms with Crippen LogP contribution in [0.5, 0.6) is 0 Å². The van der Waals surface area contributed by atoms with E-state index in [0.717, 1.165) is 28.7 Å². The third kappa shape index (κ3) is 4.59. The van der Waals surface area contributed by atoms with Crippen LogP contribution in [0.1, 0.15) is 25.3 Å². The summed E-state index contributed by atoms with van der Waals surface area (Å²) in [5, 5.41) is 3.31. The Morgan fingerprint density at radius 1 is 1.43 bits per heavy atom. The van der Waals surface area contributed by atoms with Gasteiger partial charge in [0.05, 0.1) is 5.25 Å². The van der Waals surface area contributed by atoms with Crippen molar-refractivity contribution >= 4 is 51.5 Å². The van der Waals surface area contributed by atoms with Crippen molar-refractivity contribution in [1.29, 1.82) is 0 Å². The minimum absolute atomic E-state index is 0.0492. The fourth-order valence-electron chi connectivity index (χ4n) is 2.14. The fraction of sp³-hybridized carbons (Fsp3) is 0.467. The van der Waals surface area contributed by atoms with Crippen LogP contribution in [0.2, 0.25) is 5.02 Å². The lowest BCUT2D eigenvalue weighted by Gasteiger charge is -2.20. The molecule has 1 fully saturated rings. The molecule has 1 aromatic carbocycles. The largest absolute Gasteiger partial charge is 0.358 e. The summed E-state index contributed by atoms with van der Waals surface area (Å²) in [6.07, 6.45) is 2.37. The molecule has 0 aliphatic carbocycles. The zero-order chi connectivity index (χ0) is 15.4. The zero-order valence-corrected chi connectivity index (χ0v) is 14.6. The highest BCUT2D eigenvalue weighted by Crippen LogP contribution is 2.24. The number of anilines is 1. The monoisotopic (exact) mass is 342 g/mol. The van der Waals surface area contributed by atoms with Crippen LogP contribution in [-0.4, -0.2) is 33.5 Å². The van der Waals surface area contributed by atoms with Crippen LogP contribution in [-0.2, 0) is 4.79 Å². The van der Waals surface area contributed by atoms with Gasteiger partial charge in [-0.05, 0) is 44.4 Å². The van der Waals surface area contributed by atoms with Crippen LogP contribution in [0.15, 0.2) is 18.2 Å². The Balaban J connectivity index is 1.93. The van der Waals surface area contributed by atoms with Crippen molar-refractivity contribution in [2.24, 2.45) is 0 Å². The highest BCUT2D eigenvalue weighted by molar-refractivity contribution is 8.23. The lowest BCUT2D eigenvalue weighted by molar-refractivity contribution is -0.115. The lowest BCUT2D eigenvalue weighted by Crippen LogP contribution is -2.29. The van der Waals surface area contributed by atoms with Crippen molar-refractivity contribution in [1.82, 2.24) is 4.90 Å². The molecule has 1 N–H and O–H groups in total. The highest BCUT2D eigenvalue weighted by Gasteiger charge is 2.21. The van der Waals surface area contributed by atoms with Gasteiger partial charge < -0.3 is 10.2 Å². The molecule has 3 nitrogen and oxygen atoms in total. The smallest absolute Gasteiger partial charge is 0.237 e. The normalized spacial score (nSPS) is 15.9. The van der Waals surface area contributed by atoms with E-state index in [9.17, 15) is 4.79 Å². The molecule has 1 amide bonds. The summed E-state index contributed by atoms with van der Waals surface area (Å²) < 4.78 is 0.818. The van der Waals surface area contributed by atoms with Gasteiger partial charge in [0.25, 0.3) is 0 Å². The summed E-state index contributed by atoms with van der Waals surface area (Å²) in [5.41, 5.74) is 1.75. The van der Waals surface area contributed by atoms with Crippen LogP contribution in [0.25, 0.3) is 0 Å². The van der Waals surface area contributed by atoms with Crippen molar-refractivity contribution < 1.29 is 4.79 Å². The molecule has 0 saturated carbocycles.